The van der Waals surface area contributed by atoms with Gasteiger partial charge >= 0.3 is 0 Å². The first-order valence-electron chi connectivity index (χ1n) is 10.4. The van der Waals surface area contributed by atoms with Crippen molar-refractivity contribution in [3.63, 3.8) is 0 Å². The molecular weight excluding hydrogens is 441 g/mol. The molecule has 31 heavy (non-hydrogen) atoms. The molecule has 0 amide bonds. The van der Waals surface area contributed by atoms with E-state index in [1.54, 1.807) is 6.07 Å². The second-order valence-electron chi connectivity index (χ2n) is 8.49. The summed E-state index contributed by atoms with van der Waals surface area (Å²) >= 11 is 0. The van der Waals surface area contributed by atoms with Gasteiger partial charge in [0.25, 0.3) is 0 Å². The molecule has 0 saturated carbocycles. The van der Waals surface area contributed by atoms with Gasteiger partial charge in [-0.3, -0.25) is 0 Å². The van der Waals surface area contributed by atoms with E-state index in [0.29, 0.717) is 36.3 Å². The van der Waals surface area contributed by atoms with Gasteiger partial charge in [0, 0.05) is 26.2 Å². The maximum atomic E-state index is 13.8. The van der Waals surface area contributed by atoms with Crippen molar-refractivity contribution in [3.8, 4) is 0 Å². The SMILES string of the molecule is CC(C)c1cc2c(cc1S(=O)(=O)NCC1CCOCC1)S(=O)(=O)c1cc(F)ccc1C2. The molecule has 1 N–H and O–H groups in total. The minimum atomic E-state index is -4.03. The minimum absolute atomic E-state index is 0.0308. The van der Waals surface area contributed by atoms with Gasteiger partial charge < -0.3 is 4.74 Å². The molecule has 2 heterocycles. The highest BCUT2D eigenvalue weighted by atomic mass is 32.2. The largest absolute Gasteiger partial charge is 0.381 e. The Kier molecular flexibility index (Phi) is 5.97. The molecule has 0 unspecified atom stereocenters. The Hall–Kier alpha value is -1.81. The maximum absolute atomic E-state index is 13.8. The molecule has 0 bridgehead atoms. The highest BCUT2D eigenvalue weighted by Crippen LogP contribution is 2.38. The first kappa shape index (κ1) is 22.4. The predicted octanol–water partition coefficient (Wildman–Crippen LogP) is 3.39. The van der Waals surface area contributed by atoms with Crippen LogP contribution in [0, 0.1) is 11.7 Å². The van der Waals surface area contributed by atoms with Gasteiger partial charge in [0.2, 0.25) is 19.9 Å². The number of fused-ring (bicyclic) bond motifs is 2. The van der Waals surface area contributed by atoms with Crippen LogP contribution in [0.15, 0.2) is 45.0 Å². The van der Waals surface area contributed by atoms with E-state index in [0.717, 1.165) is 18.9 Å². The molecule has 2 aliphatic heterocycles. The Balaban J connectivity index is 1.77. The van der Waals surface area contributed by atoms with Gasteiger partial charge in [-0.25, -0.2) is 25.9 Å². The van der Waals surface area contributed by atoms with Crippen LogP contribution in [0.3, 0.4) is 0 Å². The number of rotatable bonds is 5. The fourth-order valence-corrected chi connectivity index (χ4v) is 7.50. The van der Waals surface area contributed by atoms with E-state index in [1.165, 1.54) is 18.2 Å². The normalized spacial score (nSPS) is 18.6. The van der Waals surface area contributed by atoms with Crippen molar-refractivity contribution in [3.05, 3.63) is 52.8 Å². The first-order chi connectivity index (χ1) is 14.6. The molecule has 0 aromatic heterocycles. The number of sulfonamides is 1. The number of ether oxygens (including phenoxy) is 1. The summed E-state index contributed by atoms with van der Waals surface area (Å²) in [6.45, 7) is 5.24. The highest BCUT2D eigenvalue weighted by molar-refractivity contribution is 7.92. The third-order valence-corrected chi connectivity index (χ3v) is 9.39. The average molecular weight is 468 g/mol. The number of sulfone groups is 1. The molecule has 0 spiro atoms. The van der Waals surface area contributed by atoms with E-state index in [1.807, 2.05) is 13.8 Å². The Labute approximate surface area is 182 Å². The lowest BCUT2D eigenvalue weighted by atomic mass is 9.97. The van der Waals surface area contributed by atoms with Gasteiger partial charge in [-0.1, -0.05) is 26.0 Å². The molecule has 2 aromatic carbocycles. The Morgan fingerprint density at radius 1 is 1.10 bits per heavy atom. The van der Waals surface area contributed by atoms with Crippen LogP contribution in [0.5, 0.6) is 0 Å². The number of nitrogens with one attached hydrogen (secondary N) is 1. The summed E-state index contributed by atoms with van der Waals surface area (Å²) in [7, 11) is -7.97. The first-order valence-corrected chi connectivity index (χ1v) is 13.3. The summed E-state index contributed by atoms with van der Waals surface area (Å²) < 4.78 is 74.6. The summed E-state index contributed by atoms with van der Waals surface area (Å²) in [6, 6.07) is 6.64. The minimum Gasteiger partial charge on any atom is -0.381 e. The lowest BCUT2D eigenvalue weighted by molar-refractivity contribution is 0.0678. The van der Waals surface area contributed by atoms with Crippen LogP contribution >= 0.6 is 0 Å². The second kappa shape index (κ2) is 8.27. The van der Waals surface area contributed by atoms with Gasteiger partial charge in [-0.05, 0) is 59.6 Å². The van der Waals surface area contributed by atoms with E-state index >= 15 is 0 Å². The maximum Gasteiger partial charge on any atom is 0.240 e. The van der Waals surface area contributed by atoms with Crippen LogP contribution in [0.4, 0.5) is 4.39 Å². The fourth-order valence-electron chi connectivity index (χ4n) is 4.20. The summed E-state index contributed by atoms with van der Waals surface area (Å²) in [4.78, 5) is -0.200. The van der Waals surface area contributed by atoms with Gasteiger partial charge in [0.05, 0.1) is 14.7 Å². The van der Waals surface area contributed by atoms with Crippen molar-refractivity contribution >= 4 is 19.9 Å². The number of halogens is 1. The van der Waals surface area contributed by atoms with Crippen molar-refractivity contribution in [2.24, 2.45) is 5.92 Å². The van der Waals surface area contributed by atoms with Crippen LogP contribution in [0.2, 0.25) is 0 Å². The van der Waals surface area contributed by atoms with E-state index in [-0.39, 0.29) is 33.1 Å². The molecule has 2 aliphatic rings. The van der Waals surface area contributed by atoms with Crippen LogP contribution < -0.4 is 4.72 Å². The lowest BCUT2D eigenvalue weighted by Crippen LogP contribution is -2.33. The Morgan fingerprint density at radius 3 is 2.45 bits per heavy atom. The van der Waals surface area contributed by atoms with Gasteiger partial charge in [-0.15, -0.1) is 0 Å². The summed E-state index contributed by atoms with van der Waals surface area (Å²) in [5.74, 6) is -0.588. The molecule has 168 valence electrons. The van der Waals surface area contributed by atoms with Gasteiger partial charge in [0.15, 0.2) is 0 Å². The third-order valence-electron chi connectivity index (χ3n) is 6.00. The van der Waals surface area contributed by atoms with E-state index in [4.69, 9.17) is 4.74 Å². The molecule has 1 fully saturated rings. The van der Waals surface area contributed by atoms with Crippen molar-refractivity contribution in [1.29, 1.82) is 0 Å². The van der Waals surface area contributed by atoms with Crippen LogP contribution in [-0.2, 0) is 31.0 Å². The number of hydrogen-bond donors (Lipinski definition) is 1. The quantitative estimate of drug-likeness (QED) is 0.621. The number of hydrogen-bond acceptors (Lipinski definition) is 5. The molecular formula is C22H26FNO5S2. The third kappa shape index (κ3) is 4.28. The van der Waals surface area contributed by atoms with Gasteiger partial charge in [-0.2, -0.15) is 0 Å². The van der Waals surface area contributed by atoms with Crippen LogP contribution in [0.25, 0.3) is 0 Å². The van der Waals surface area contributed by atoms with E-state index < -0.39 is 25.7 Å². The summed E-state index contributed by atoms with van der Waals surface area (Å²) in [5.41, 5.74) is 1.61. The number of benzene rings is 2. The molecule has 6 nitrogen and oxygen atoms in total. The monoisotopic (exact) mass is 467 g/mol. The average Bonchev–Trinajstić information content (AvgIpc) is 2.73. The lowest BCUT2D eigenvalue weighted by Gasteiger charge is -2.25. The topological polar surface area (TPSA) is 89.5 Å². The molecule has 2 aromatic rings. The van der Waals surface area contributed by atoms with Crippen molar-refractivity contribution in [2.45, 2.75) is 53.7 Å². The molecule has 1 saturated heterocycles. The molecule has 0 radical (unpaired) electrons. The zero-order valence-electron chi connectivity index (χ0n) is 17.5. The second-order valence-corrected chi connectivity index (χ2v) is 12.1. The smallest absolute Gasteiger partial charge is 0.240 e. The van der Waals surface area contributed by atoms with Crippen molar-refractivity contribution < 1.29 is 26.0 Å². The Bertz CT molecular complexity index is 1220. The van der Waals surface area contributed by atoms with Crippen LogP contribution in [-0.4, -0.2) is 36.6 Å². The fraction of sp³-hybridized carbons (Fsp3) is 0.455. The van der Waals surface area contributed by atoms with E-state index in [2.05, 4.69) is 4.72 Å². The predicted molar refractivity (Wildman–Crippen MR) is 114 cm³/mol. The summed E-state index contributed by atoms with van der Waals surface area (Å²) in [5, 5.41) is 0. The highest BCUT2D eigenvalue weighted by Gasteiger charge is 2.33. The zero-order valence-corrected chi connectivity index (χ0v) is 19.2. The van der Waals surface area contributed by atoms with Gasteiger partial charge in [0.1, 0.15) is 5.82 Å². The van der Waals surface area contributed by atoms with Crippen molar-refractivity contribution in [1.82, 2.24) is 4.72 Å². The Morgan fingerprint density at radius 2 is 1.77 bits per heavy atom. The molecule has 4 rings (SSSR count). The van der Waals surface area contributed by atoms with E-state index in [9.17, 15) is 21.2 Å². The molecule has 0 aliphatic carbocycles. The molecule has 9 heteroatoms. The standard InChI is InChI=1S/C22H26FNO5S2/c1-14(2)19-10-17-9-16-3-4-18(23)11-20(16)30(25,26)21(17)12-22(19)31(27,28)24-13-15-5-7-29-8-6-15/h3-4,10-12,14-15,24H,5-9,13H2,1-2H3. The van der Waals surface area contributed by atoms with Crippen LogP contribution in [0.1, 0.15) is 49.3 Å². The van der Waals surface area contributed by atoms with Crippen molar-refractivity contribution in [2.75, 3.05) is 19.8 Å². The zero-order chi connectivity index (χ0) is 22.4. The summed E-state index contributed by atoms with van der Waals surface area (Å²) in [6.07, 6.45) is 1.86. The molecule has 0 atom stereocenters.